The highest BCUT2D eigenvalue weighted by molar-refractivity contribution is 5.94. The Morgan fingerprint density at radius 1 is 0.885 bits per heavy atom. The number of rotatable bonds is 3. The highest BCUT2D eigenvalue weighted by atomic mass is 19.1. The van der Waals surface area contributed by atoms with E-state index in [1.165, 1.54) is 12.1 Å². The van der Waals surface area contributed by atoms with Gasteiger partial charge in [-0.2, -0.15) is 0 Å². The van der Waals surface area contributed by atoms with Crippen LogP contribution in [-0.2, 0) is 11.2 Å². The van der Waals surface area contributed by atoms with Gasteiger partial charge in [0, 0.05) is 37.4 Å². The Morgan fingerprint density at radius 2 is 1.50 bits per heavy atom. The van der Waals surface area contributed by atoms with Crippen LogP contribution in [-0.4, -0.2) is 47.8 Å². The van der Waals surface area contributed by atoms with Crippen LogP contribution >= 0.6 is 0 Å². The number of benzene rings is 2. The second kappa shape index (κ2) is 7.99. The summed E-state index contributed by atoms with van der Waals surface area (Å²) in [6.45, 7) is 2.23. The van der Waals surface area contributed by atoms with Crippen molar-refractivity contribution in [3.8, 4) is 0 Å². The molecule has 1 saturated heterocycles. The lowest BCUT2D eigenvalue weighted by atomic mass is 10.1. The van der Waals surface area contributed by atoms with Crippen LogP contribution in [0.1, 0.15) is 22.3 Å². The molecule has 3 rings (SSSR count). The summed E-state index contributed by atoms with van der Waals surface area (Å²) in [4.78, 5) is 28.7. The molecule has 0 bridgehead atoms. The average Bonchev–Trinajstić information content (AvgIpc) is 2.90. The SMILES string of the molecule is Nc1ccc(C(=O)N2CCCN(C(=O)Cc3ccc(F)cc3)CC2)cc1. The summed E-state index contributed by atoms with van der Waals surface area (Å²) in [6, 6.07) is 12.8. The molecule has 0 spiro atoms. The van der Waals surface area contributed by atoms with Crippen LogP contribution in [0, 0.1) is 5.82 Å². The lowest BCUT2D eigenvalue weighted by molar-refractivity contribution is -0.130. The van der Waals surface area contributed by atoms with Crippen molar-refractivity contribution in [2.45, 2.75) is 12.8 Å². The van der Waals surface area contributed by atoms with Crippen LogP contribution in [0.4, 0.5) is 10.1 Å². The molecule has 1 aliphatic heterocycles. The van der Waals surface area contributed by atoms with Crippen molar-refractivity contribution in [3.05, 3.63) is 65.5 Å². The van der Waals surface area contributed by atoms with Gasteiger partial charge in [-0.1, -0.05) is 12.1 Å². The minimum Gasteiger partial charge on any atom is -0.399 e. The summed E-state index contributed by atoms with van der Waals surface area (Å²) < 4.78 is 13.0. The fourth-order valence-electron chi connectivity index (χ4n) is 3.07. The van der Waals surface area contributed by atoms with E-state index in [4.69, 9.17) is 5.73 Å². The zero-order valence-electron chi connectivity index (χ0n) is 14.5. The molecule has 2 N–H and O–H groups in total. The zero-order valence-corrected chi connectivity index (χ0v) is 14.5. The first-order chi connectivity index (χ1) is 12.5. The van der Waals surface area contributed by atoms with E-state index in [1.807, 2.05) is 0 Å². The van der Waals surface area contributed by atoms with Crippen LogP contribution in [0.3, 0.4) is 0 Å². The van der Waals surface area contributed by atoms with E-state index in [0.717, 1.165) is 12.0 Å². The number of carbonyl (C=O) groups is 2. The molecule has 0 aliphatic carbocycles. The number of nitrogens with zero attached hydrogens (tertiary/aromatic N) is 2. The monoisotopic (exact) mass is 355 g/mol. The molecule has 0 saturated carbocycles. The second-order valence-electron chi connectivity index (χ2n) is 6.45. The first-order valence-electron chi connectivity index (χ1n) is 8.70. The number of halogens is 1. The summed E-state index contributed by atoms with van der Waals surface area (Å²) in [5.41, 5.74) is 7.67. The first kappa shape index (κ1) is 17.9. The lowest BCUT2D eigenvalue weighted by Crippen LogP contribution is -2.38. The standard InChI is InChI=1S/C20H22FN3O2/c21-17-6-2-15(3-7-17)14-19(25)23-10-1-11-24(13-12-23)20(26)16-4-8-18(22)9-5-16/h2-9H,1,10-14,22H2. The van der Waals surface area contributed by atoms with Crippen molar-refractivity contribution in [1.29, 1.82) is 0 Å². The number of hydrogen-bond acceptors (Lipinski definition) is 3. The summed E-state index contributed by atoms with van der Waals surface area (Å²) in [7, 11) is 0. The Labute approximate surface area is 152 Å². The molecular formula is C20H22FN3O2. The van der Waals surface area contributed by atoms with Gasteiger partial charge >= 0.3 is 0 Å². The van der Waals surface area contributed by atoms with Crippen molar-refractivity contribution in [2.24, 2.45) is 0 Å². The number of carbonyl (C=O) groups excluding carboxylic acids is 2. The van der Waals surface area contributed by atoms with Gasteiger partial charge in [-0.15, -0.1) is 0 Å². The molecule has 1 aliphatic rings. The fraction of sp³-hybridized carbons (Fsp3) is 0.300. The third kappa shape index (κ3) is 4.39. The second-order valence-corrected chi connectivity index (χ2v) is 6.45. The first-order valence-corrected chi connectivity index (χ1v) is 8.70. The third-order valence-corrected chi connectivity index (χ3v) is 4.56. The molecule has 5 nitrogen and oxygen atoms in total. The molecule has 0 aromatic heterocycles. The molecule has 1 heterocycles. The van der Waals surface area contributed by atoms with Crippen molar-refractivity contribution in [2.75, 3.05) is 31.9 Å². The maximum atomic E-state index is 13.0. The summed E-state index contributed by atoms with van der Waals surface area (Å²) in [5.74, 6) is -0.357. The van der Waals surface area contributed by atoms with Crippen LogP contribution in [0.2, 0.25) is 0 Å². The van der Waals surface area contributed by atoms with Gasteiger partial charge in [0.15, 0.2) is 0 Å². The maximum absolute atomic E-state index is 13.0. The van der Waals surface area contributed by atoms with E-state index in [-0.39, 0.29) is 24.1 Å². The van der Waals surface area contributed by atoms with Crippen molar-refractivity contribution >= 4 is 17.5 Å². The Hall–Kier alpha value is -2.89. The molecule has 2 aromatic rings. The largest absolute Gasteiger partial charge is 0.399 e. The Morgan fingerprint density at radius 3 is 2.19 bits per heavy atom. The number of nitrogens with two attached hydrogens (primary N) is 1. The molecule has 0 radical (unpaired) electrons. The van der Waals surface area contributed by atoms with E-state index in [0.29, 0.717) is 37.4 Å². The summed E-state index contributed by atoms with van der Waals surface area (Å²) in [6.07, 6.45) is 0.974. The van der Waals surface area contributed by atoms with Crippen LogP contribution in [0.15, 0.2) is 48.5 Å². The zero-order chi connectivity index (χ0) is 18.5. The average molecular weight is 355 g/mol. The Kier molecular flexibility index (Phi) is 5.51. The Balaban J connectivity index is 1.58. The number of hydrogen-bond donors (Lipinski definition) is 1. The topological polar surface area (TPSA) is 66.6 Å². The quantitative estimate of drug-likeness (QED) is 0.860. The lowest BCUT2D eigenvalue weighted by Gasteiger charge is -2.22. The molecule has 0 atom stereocenters. The van der Waals surface area contributed by atoms with E-state index >= 15 is 0 Å². The van der Waals surface area contributed by atoms with E-state index in [1.54, 1.807) is 46.2 Å². The van der Waals surface area contributed by atoms with Gasteiger partial charge in [0.2, 0.25) is 5.91 Å². The molecule has 6 heteroatoms. The smallest absolute Gasteiger partial charge is 0.253 e. The Bertz CT molecular complexity index is 775. The molecule has 0 unspecified atom stereocenters. The number of amides is 2. The van der Waals surface area contributed by atoms with Gasteiger partial charge in [-0.25, -0.2) is 4.39 Å². The molecule has 136 valence electrons. The third-order valence-electron chi connectivity index (χ3n) is 4.56. The molecule has 2 amide bonds. The molecular weight excluding hydrogens is 333 g/mol. The number of nitrogen functional groups attached to an aromatic ring is 1. The van der Waals surface area contributed by atoms with E-state index < -0.39 is 0 Å². The highest BCUT2D eigenvalue weighted by Crippen LogP contribution is 2.13. The minimum atomic E-state index is -0.312. The van der Waals surface area contributed by atoms with Crippen molar-refractivity contribution in [1.82, 2.24) is 9.80 Å². The van der Waals surface area contributed by atoms with Crippen molar-refractivity contribution < 1.29 is 14.0 Å². The number of anilines is 1. The highest BCUT2D eigenvalue weighted by Gasteiger charge is 2.22. The van der Waals surface area contributed by atoms with E-state index in [2.05, 4.69) is 0 Å². The molecule has 1 fully saturated rings. The predicted octanol–water partition coefficient (Wildman–Crippen LogP) is 2.33. The van der Waals surface area contributed by atoms with Crippen LogP contribution in [0.25, 0.3) is 0 Å². The summed E-state index contributed by atoms with van der Waals surface area (Å²) in [5, 5.41) is 0. The van der Waals surface area contributed by atoms with Gasteiger partial charge < -0.3 is 15.5 Å². The van der Waals surface area contributed by atoms with Crippen LogP contribution < -0.4 is 5.73 Å². The van der Waals surface area contributed by atoms with Gasteiger partial charge in [-0.3, -0.25) is 9.59 Å². The van der Waals surface area contributed by atoms with Gasteiger partial charge in [0.25, 0.3) is 5.91 Å². The summed E-state index contributed by atoms with van der Waals surface area (Å²) >= 11 is 0. The van der Waals surface area contributed by atoms with Gasteiger partial charge in [0.05, 0.1) is 6.42 Å². The van der Waals surface area contributed by atoms with E-state index in [9.17, 15) is 14.0 Å². The van der Waals surface area contributed by atoms with Crippen molar-refractivity contribution in [3.63, 3.8) is 0 Å². The maximum Gasteiger partial charge on any atom is 0.253 e. The molecule has 2 aromatic carbocycles. The minimum absolute atomic E-state index is 0.00149. The fourth-order valence-corrected chi connectivity index (χ4v) is 3.07. The normalized spacial score (nSPS) is 14.8. The predicted molar refractivity (Wildman–Crippen MR) is 98.1 cm³/mol. The van der Waals surface area contributed by atoms with Gasteiger partial charge in [0.1, 0.15) is 5.82 Å². The van der Waals surface area contributed by atoms with Gasteiger partial charge in [-0.05, 0) is 48.4 Å². The van der Waals surface area contributed by atoms with Crippen LogP contribution in [0.5, 0.6) is 0 Å². The molecule has 26 heavy (non-hydrogen) atoms.